The van der Waals surface area contributed by atoms with E-state index in [-0.39, 0.29) is 55.3 Å². The predicted octanol–water partition coefficient (Wildman–Crippen LogP) is 2.72. The number of allylic oxidation sites excluding steroid dienone is 1. The van der Waals surface area contributed by atoms with E-state index in [1.165, 1.54) is 0 Å². The molecule has 0 saturated carbocycles. The number of carbonyl (C=O) groups is 4. The van der Waals surface area contributed by atoms with Crippen molar-refractivity contribution in [1.82, 2.24) is 30.1 Å². The Morgan fingerprint density at radius 3 is 2.75 bits per heavy atom. The fourth-order valence-corrected chi connectivity index (χ4v) is 8.24. The van der Waals surface area contributed by atoms with Crippen molar-refractivity contribution in [1.29, 1.82) is 0 Å². The van der Waals surface area contributed by atoms with Crippen molar-refractivity contribution in [3.05, 3.63) is 49.6 Å². The molecule has 13 nitrogen and oxygen atoms in total. The van der Waals surface area contributed by atoms with Crippen LogP contribution in [0.25, 0.3) is 11.0 Å². The lowest BCUT2D eigenvalue weighted by Gasteiger charge is -2.37. The fraction of sp³-hybridized carbons (Fsp3) is 0.588. The minimum absolute atomic E-state index is 0.0732. The van der Waals surface area contributed by atoms with Crippen LogP contribution in [0.4, 0.5) is 0 Å². The van der Waals surface area contributed by atoms with Crippen LogP contribution in [0.5, 0.6) is 0 Å². The Labute approximate surface area is 288 Å². The van der Waals surface area contributed by atoms with Crippen molar-refractivity contribution in [2.45, 2.75) is 87.2 Å². The number of nitrogens with one attached hydrogen (secondary N) is 1. The van der Waals surface area contributed by atoms with E-state index < -0.39 is 41.7 Å². The first-order chi connectivity index (χ1) is 23.2. The number of aromatic nitrogens is 3. The van der Waals surface area contributed by atoms with Crippen molar-refractivity contribution >= 4 is 50.7 Å². The van der Waals surface area contributed by atoms with Gasteiger partial charge < -0.3 is 29.7 Å². The van der Waals surface area contributed by atoms with Gasteiger partial charge in [-0.15, -0.1) is 18.3 Å². The monoisotopic (exact) mass is 728 g/mol. The summed E-state index contributed by atoms with van der Waals surface area (Å²) in [6, 6.07) is 6.46. The maximum atomic E-state index is 14.7. The smallest absolute Gasteiger partial charge is 0.312 e. The number of likely N-dealkylation sites (tertiary alicyclic amines) is 1. The molecular weight excluding hydrogens is 684 g/mol. The lowest BCUT2D eigenvalue weighted by molar-refractivity contribution is -0.159. The third-order valence-corrected chi connectivity index (χ3v) is 10.3. The van der Waals surface area contributed by atoms with E-state index in [0.717, 1.165) is 18.4 Å². The highest BCUT2D eigenvalue weighted by molar-refractivity contribution is 9.09. The number of amides is 3. The summed E-state index contributed by atoms with van der Waals surface area (Å²) in [5.74, 6) is -3.26. The van der Waals surface area contributed by atoms with Gasteiger partial charge in [-0.1, -0.05) is 58.3 Å². The normalized spacial score (nSPS) is 26.4. The van der Waals surface area contributed by atoms with Crippen LogP contribution >= 0.6 is 15.9 Å². The molecule has 2 N–H and O–H groups in total. The van der Waals surface area contributed by atoms with Gasteiger partial charge in [0.25, 0.3) is 0 Å². The van der Waals surface area contributed by atoms with Gasteiger partial charge in [0.1, 0.15) is 29.9 Å². The molecule has 1 spiro atoms. The molecule has 3 amide bonds. The maximum Gasteiger partial charge on any atom is 0.312 e. The van der Waals surface area contributed by atoms with E-state index in [1.54, 1.807) is 33.6 Å². The fourth-order valence-electron chi connectivity index (χ4n) is 7.29. The first-order valence-corrected chi connectivity index (χ1v) is 17.6. The molecule has 260 valence electrons. The summed E-state index contributed by atoms with van der Waals surface area (Å²) >= 11 is 3.70. The Kier molecular flexibility index (Phi) is 11.7. The second-order valence-corrected chi connectivity index (χ2v) is 14.0. The van der Waals surface area contributed by atoms with E-state index in [1.807, 2.05) is 24.3 Å². The Hall–Kier alpha value is -3.62. The minimum atomic E-state index is -1.26. The third kappa shape index (κ3) is 7.06. The zero-order valence-electron chi connectivity index (χ0n) is 27.3. The molecule has 0 aliphatic carbocycles. The number of carbonyl (C=O) groups excluding carboxylic acids is 4. The number of rotatable bonds is 18. The molecule has 0 radical (unpaired) electrons. The number of halogens is 1. The van der Waals surface area contributed by atoms with Crippen LogP contribution in [0, 0.1) is 11.8 Å². The highest BCUT2D eigenvalue weighted by atomic mass is 79.9. The molecular formula is C34H45BrN6O7. The van der Waals surface area contributed by atoms with Gasteiger partial charge in [-0.3, -0.25) is 19.2 Å². The summed E-state index contributed by atoms with van der Waals surface area (Å²) in [5.41, 5.74) is 0.189. The Balaban J connectivity index is 1.41. The molecule has 2 bridgehead atoms. The molecule has 14 heteroatoms. The standard InChI is InChI=1S/C34H45BrN6O7/c1-4-6-15-26(43)36-20-22(3)47-33(46)27-28-31(44)40(17-11-7-8-12-18-42)30(34(28)19-23(35)29(27)48-34)32(45)39(16-5-2)21-41-25-14-10-9-13-24(25)37-38-41/h4-5,9-10,13-14,22-23,27-30,42H,1-2,6-8,11-12,15-21H2,3H3,(H,36,43)/t22-,23?,27-,28+,29-,30-,34+/m1/s1. The molecule has 2 aromatic rings. The van der Waals surface area contributed by atoms with Gasteiger partial charge in [0.15, 0.2) is 0 Å². The second kappa shape index (κ2) is 15.7. The Bertz CT molecular complexity index is 1520. The Morgan fingerprint density at radius 1 is 1.23 bits per heavy atom. The zero-order chi connectivity index (χ0) is 34.4. The largest absolute Gasteiger partial charge is 0.460 e. The van der Waals surface area contributed by atoms with Gasteiger partial charge in [-0.25, -0.2) is 4.68 Å². The van der Waals surface area contributed by atoms with Crippen LogP contribution < -0.4 is 5.32 Å². The number of nitrogens with zero attached hydrogens (tertiary/aromatic N) is 5. The van der Waals surface area contributed by atoms with Crippen LogP contribution in [0.3, 0.4) is 0 Å². The number of hydrogen-bond donors (Lipinski definition) is 2. The molecule has 1 unspecified atom stereocenters. The number of para-hydroxylation sites is 1. The van der Waals surface area contributed by atoms with Crippen LogP contribution in [0.15, 0.2) is 49.6 Å². The van der Waals surface area contributed by atoms with Gasteiger partial charge in [-0.05, 0) is 44.7 Å². The summed E-state index contributed by atoms with van der Waals surface area (Å²) in [5, 5.41) is 20.5. The van der Waals surface area contributed by atoms with Gasteiger partial charge in [0.2, 0.25) is 17.7 Å². The average Bonchev–Trinajstić information content (AvgIpc) is 3.79. The first kappa shape index (κ1) is 35.7. The van der Waals surface area contributed by atoms with Crippen molar-refractivity contribution < 1.29 is 33.8 Å². The lowest BCUT2D eigenvalue weighted by atomic mass is 9.70. The van der Waals surface area contributed by atoms with Crippen LogP contribution in [-0.4, -0.2) is 109 Å². The molecule has 3 aliphatic rings. The van der Waals surface area contributed by atoms with Crippen LogP contribution in [0.2, 0.25) is 0 Å². The predicted molar refractivity (Wildman–Crippen MR) is 180 cm³/mol. The summed E-state index contributed by atoms with van der Waals surface area (Å²) in [6.07, 6.45) is 5.96. The summed E-state index contributed by atoms with van der Waals surface area (Å²) in [7, 11) is 0. The number of aliphatic hydroxyl groups excluding tert-OH is 1. The number of alkyl halides is 1. The number of ether oxygens (including phenoxy) is 2. The number of hydrogen-bond acceptors (Lipinski definition) is 9. The van der Waals surface area contributed by atoms with Gasteiger partial charge in [0, 0.05) is 30.9 Å². The van der Waals surface area contributed by atoms with Crippen molar-refractivity contribution in [3.63, 3.8) is 0 Å². The minimum Gasteiger partial charge on any atom is -0.460 e. The second-order valence-electron chi connectivity index (χ2n) is 12.8. The molecule has 7 atom stereocenters. The topological polar surface area (TPSA) is 156 Å². The van der Waals surface area contributed by atoms with Crippen LogP contribution in [0.1, 0.15) is 51.9 Å². The molecule has 3 aliphatic heterocycles. The average molecular weight is 730 g/mol. The molecule has 1 aromatic heterocycles. The molecule has 5 rings (SSSR count). The van der Waals surface area contributed by atoms with E-state index >= 15 is 0 Å². The molecule has 4 heterocycles. The van der Waals surface area contributed by atoms with E-state index in [4.69, 9.17) is 9.47 Å². The summed E-state index contributed by atoms with van der Waals surface area (Å²) in [4.78, 5) is 57.9. The van der Waals surface area contributed by atoms with Crippen LogP contribution in [-0.2, 0) is 35.3 Å². The van der Waals surface area contributed by atoms with E-state index in [2.05, 4.69) is 44.7 Å². The third-order valence-electron chi connectivity index (χ3n) is 9.47. The first-order valence-electron chi connectivity index (χ1n) is 16.7. The number of fused-ring (bicyclic) bond motifs is 2. The number of aliphatic hydroxyl groups is 1. The maximum absolute atomic E-state index is 14.7. The molecule has 48 heavy (non-hydrogen) atoms. The molecule has 1 aromatic carbocycles. The van der Waals surface area contributed by atoms with E-state index in [9.17, 15) is 24.3 Å². The molecule has 3 saturated heterocycles. The molecule has 3 fully saturated rings. The van der Waals surface area contributed by atoms with Gasteiger partial charge in [0.05, 0.1) is 30.0 Å². The number of unbranched alkanes of at least 4 members (excludes halogenated alkanes) is 3. The zero-order valence-corrected chi connectivity index (χ0v) is 28.9. The lowest BCUT2D eigenvalue weighted by Crippen LogP contribution is -2.57. The van der Waals surface area contributed by atoms with Gasteiger partial charge >= 0.3 is 5.97 Å². The quantitative estimate of drug-likeness (QED) is 0.102. The van der Waals surface area contributed by atoms with Crippen molar-refractivity contribution in [2.24, 2.45) is 11.8 Å². The van der Waals surface area contributed by atoms with Crippen molar-refractivity contribution in [3.8, 4) is 0 Å². The number of esters is 1. The Morgan fingerprint density at radius 2 is 2.00 bits per heavy atom. The van der Waals surface area contributed by atoms with Gasteiger partial charge in [-0.2, -0.15) is 0 Å². The van der Waals surface area contributed by atoms with Crippen molar-refractivity contribution in [2.75, 3.05) is 26.2 Å². The SMILES string of the molecule is C=CCCC(=O)NC[C@@H](C)OC(=O)[C@H]1[C@@H]2O[C@@]3(CC2Br)[C@@H]1C(=O)N(CCCCCCO)[C@@H]3C(=O)N(CC=C)Cn1nnc2ccccc21. The summed E-state index contributed by atoms with van der Waals surface area (Å²) < 4.78 is 14.1. The highest BCUT2D eigenvalue weighted by Gasteiger charge is 2.77. The summed E-state index contributed by atoms with van der Waals surface area (Å²) in [6.45, 7) is 9.94. The van der Waals surface area contributed by atoms with E-state index in [0.29, 0.717) is 37.7 Å². The highest BCUT2D eigenvalue weighted by Crippen LogP contribution is 2.60. The number of benzene rings is 1.